The van der Waals surface area contributed by atoms with Crippen LogP contribution in [0.5, 0.6) is 0 Å². The fourth-order valence-corrected chi connectivity index (χ4v) is 2.38. The molecule has 1 amide bonds. The molecule has 1 aliphatic heterocycles. The van der Waals surface area contributed by atoms with Crippen LogP contribution in [0.15, 0.2) is 0 Å². The standard InChI is InChI=1S/C11H18N2O2/c1-12-6-7-13(8-11(12)15)9-2-4-10(14)5-3-9/h9H,2-8H2,1H3. The van der Waals surface area contributed by atoms with Crippen molar-refractivity contribution in [3.05, 3.63) is 0 Å². The summed E-state index contributed by atoms with van der Waals surface area (Å²) in [4.78, 5) is 26.7. The van der Waals surface area contributed by atoms with E-state index in [0.29, 0.717) is 31.2 Å². The van der Waals surface area contributed by atoms with Gasteiger partial charge in [-0.25, -0.2) is 0 Å². The number of hydrogen-bond donors (Lipinski definition) is 0. The fraction of sp³-hybridized carbons (Fsp3) is 0.818. The molecule has 2 rings (SSSR count). The Morgan fingerprint density at radius 1 is 1.13 bits per heavy atom. The van der Waals surface area contributed by atoms with Crippen LogP contribution in [-0.4, -0.2) is 54.2 Å². The van der Waals surface area contributed by atoms with Gasteiger partial charge in [0.25, 0.3) is 0 Å². The van der Waals surface area contributed by atoms with E-state index in [1.165, 1.54) is 0 Å². The van der Waals surface area contributed by atoms with Crippen molar-refractivity contribution in [1.29, 1.82) is 0 Å². The Labute approximate surface area is 90.2 Å². The molecule has 0 radical (unpaired) electrons. The minimum absolute atomic E-state index is 0.207. The lowest BCUT2D eigenvalue weighted by molar-refractivity contribution is -0.136. The highest BCUT2D eigenvalue weighted by Gasteiger charge is 2.29. The zero-order valence-electron chi connectivity index (χ0n) is 9.24. The monoisotopic (exact) mass is 210 g/mol. The molecule has 1 heterocycles. The van der Waals surface area contributed by atoms with E-state index in [1.54, 1.807) is 4.90 Å². The van der Waals surface area contributed by atoms with Gasteiger partial charge in [0, 0.05) is 39.0 Å². The number of amides is 1. The van der Waals surface area contributed by atoms with E-state index in [2.05, 4.69) is 4.90 Å². The van der Waals surface area contributed by atoms with Gasteiger partial charge in [0.1, 0.15) is 5.78 Å². The zero-order chi connectivity index (χ0) is 10.8. The van der Waals surface area contributed by atoms with Crippen LogP contribution in [0.3, 0.4) is 0 Å². The number of Topliss-reactive ketones (excluding diaryl/α,β-unsaturated/α-hetero) is 1. The maximum absolute atomic E-state index is 11.5. The Balaban J connectivity index is 1.89. The number of rotatable bonds is 1. The number of nitrogens with zero attached hydrogens (tertiary/aromatic N) is 2. The number of carbonyl (C=O) groups is 2. The third-order valence-corrected chi connectivity index (χ3v) is 3.52. The maximum Gasteiger partial charge on any atom is 0.236 e. The molecular formula is C11H18N2O2. The summed E-state index contributed by atoms with van der Waals surface area (Å²) in [5.41, 5.74) is 0. The van der Waals surface area contributed by atoms with Gasteiger partial charge >= 0.3 is 0 Å². The summed E-state index contributed by atoms with van der Waals surface area (Å²) < 4.78 is 0. The Bertz CT molecular complexity index is 268. The molecular weight excluding hydrogens is 192 g/mol. The molecule has 15 heavy (non-hydrogen) atoms. The van der Waals surface area contributed by atoms with E-state index in [1.807, 2.05) is 7.05 Å². The van der Waals surface area contributed by atoms with Gasteiger partial charge in [0.15, 0.2) is 0 Å². The molecule has 1 saturated carbocycles. The first-order valence-corrected chi connectivity index (χ1v) is 5.66. The van der Waals surface area contributed by atoms with Crippen molar-refractivity contribution < 1.29 is 9.59 Å². The van der Waals surface area contributed by atoms with Crippen LogP contribution in [0.2, 0.25) is 0 Å². The van der Waals surface area contributed by atoms with Gasteiger partial charge in [0.05, 0.1) is 6.54 Å². The highest BCUT2D eigenvalue weighted by molar-refractivity contribution is 5.80. The largest absolute Gasteiger partial charge is 0.343 e. The molecule has 2 fully saturated rings. The zero-order valence-corrected chi connectivity index (χ0v) is 9.24. The Morgan fingerprint density at radius 3 is 2.40 bits per heavy atom. The number of hydrogen-bond acceptors (Lipinski definition) is 3. The fourth-order valence-electron chi connectivity index (χ4n) is 2.38. The lowest BCUT2D eigenvalue weighted by atomic mass is 9.93. The molecule has 4 heteroatoms. The van der Waals surface area contributed by atoms with Crippen molar-refractivity contribution in [2.45, 2.75) is 31.7 Å². The van der Waals surface area contributed by atoms with Gasteiger partial charge in [0.2, 0.25) is 5.91 Å². The van der Waals surface area contributed by atoms with Gasteiger partial charge in [-0.15, -0.1) is 0 Å². The molecule has 0 aromatic heterocycles. The summed E-state index contributed by atoms with van der Waals surface area (Å²) in [6.07, 6.45) is 3.28. The number of ketones is 1. The SMILES string of the molecule is CN1CCN(C2CCC(=O)CC2)CC1=O. The number of likely N-dealkylation sites (N-methyl/N-ethyl adjacent to an activating group) is 1. The van der Waals surface area contributed by atoms with E-state index >= 15 is 0 Å². The third kappa shape index (κ3) is 2.37. The summed E-state index contributed by atoms with van der Waals surface area (Å²) in [5, 5.41) is 0. The molecule has 1 saturated heterocycles. The summed E-state index contributed by atoms with van der Waals surface area (Å²) in [7, 11) is 1.85. The van der Waals surface area contributed by atoms with Crippen molar-refractivity contribution >= 4 is 11.7 Å². The van der Waals surface area contributed by atoms with E-state index < -0.39 is 0 Å². The second-order valence-electron chi connectivity index (χ2n) is 4.56. The number of carbonyl (C=O) groups excluding carboxylic acids is 2. The minimum atomic E-state index is 0.207. The van der Waals surface area contributed by atoms with Crippen LogP contribution < -0.4 is 0 Å². The van der Waals surface area contributed by atoms with Crippen LogP contribution >= 0.6 is 0 Å². The molecule has 0 aromatic carbocycles. The quantitative estimate of drug-likeness (QED) is 0.624. The van der Waals surface area contributed by atoms with Crippen molar-refractivity contribution in [2.75, 3.05) is 26.7 Å². The Kier molecular flexibility index (Phi) is 3.05. The summed E-state index contributed by atoms with van der Waals surface area (Å²) in [5.74, 6) is 0.588. The molecule has 2 aliphatic rings. The second-order valence-corrected chi connectivity index (χ2v) is 4.56. The van der Waals surface area contributed by atoms with Crippen molar-refractivity contribution in [3.63, 3.8) is 0 Å². The van der Waals surface area contributed by atoms with Crippen LogP contribution in [0.1, 0.15) is 25.7 Å². The number of piperazine rings is 1. The smallest absolute Gasteiger partial charge is 0.236 e. The van der Waals surface area contributed by atoms with Gasteiger partial charge < -0.3 is 4.90 Å². The molecule has 0 aromatic rings. The van der Waals surface area contributed by atoms with Gasteiger partial charge in [-0.3, -0.25) is 14.5 Å². The highest BCUT2D eigenvalue weighted by Crippen LogP contribution is 2.21. The first-order chi connectivity index (χ1) is 7.16. The Morgan fingerprint density at radius 2 is 1.80 bits per heavy atom. The van der Waals surface area contributed by atoms with Crippen LogP contribution in [0.25, 0.3) is 0 Å². The summed E-state index contributed by atoms with van der Waals surface area (Å²) >= 11 is 0. The summed E-state index contributed by atoms with van der Waals surface area (Å²) in [6.45, 7) is 2.32. The third-order valence-electron chi connectivity index (χ3n) is 3.52. The first kappa shape index (κ1) is 10.6. The predicted octanol–water partition coefficient (Wildman–Crippen LogP) is 0.272. The van der Waals surface area contributed by atoms with E-state index in [4.69, 9.17) is 0 Å². The van der Waals surface area contributed by atoms with Gasteiger partial charge in [-0.2, -0.15) is 0 Å². The predicted molar refractivity (Wildman–Crippen MR) is 56.5 cm³/mol. The molecule has 1 aliphatic carbocycles. The van der Waals surface area contributed by atoms with Crippen molar-refractivity contribution in [2.24, 2.45) is 0 Å². The molecule has 0 unspecified atom stereocenters. The first-order valence-electron chi connectivity index (χ1n) is 5.66. The van der Waals surface area contributed by atoms with Gasteiger partial charge in [-0.05, 0) is 12.8 Å². The minimum Gasteiger partial charge on any atom is -0.343 e. The lowest BCUT2D eigenvalue weighted by Crippen LogP contribution is -2.52. The molecule has 0 atom stereocenters. The Hall–Kier alpha value is -0.900. The van der Waals surface area contributed by atoms with Crippen LogP contribution in [0.4, 0.5) is 0 Å². The average Bonchev–Trinajstić information content (AvgIpc) is 2.23. The maximum atomic E-state index is 11.5. The molecule has 0 spiro atoms. The molecule has 4 nitrogen and oxygen atoms in total. The van der Waals surface area contributed by atoms with Crippen molar-refractivity contribution in [3.8, 4) is 0 Å². The summed E-state index contributed by atoms with van der Waals surface area (Å²) in [6, 6.07) is 0.459. The van der Waals surface area contributed by atoms with E-state index in [9.17, 15) is 9.59 Å². The molecule has 84 valence electrons. The average molecular weight is 210 g/mol. The second kappa shape index (κ2) is 4.31. The van der Waals surface area contributed by atoms with Crippen molar-refractivity contribution in [1.82, 2.24) is 9.80 Å². The van der Waals surface area contributed by atoms with E-state index in [0.717, 1.165) is 25.9 Å². The lowest BCUT2D eigenvalue weighted by Gasteiger charge is -2.38. The highest BCUT2D eigenvalue weighted by atomic mass is 16.2. The van der Waals surface area contributed by atoms with Gasteiger partial charge in [-0.1, -0.05) is 0 Å². The molecule has 0 bridgehead atoms. The van der Waals surface area contributed by atoms with Crippen LogP contribution in [0, 0.1) is 0 Å². The van der Waals surface area contributed by atoms with E-state index in [-0.39, 0.29) is 5.91 Å². The normalized spacial score (nSPS) is 26.1. The topological polar surface area (TPSA) is 40.6 Å². The van der Waals surface area contributed by atoms with Crippen LogP contribution in [-0.2, 0) is 9.59 Å². The molecule has 0 N–H and O–H groups in total.